The van der Waals surface area contributed by atoms with Crippen LogP contribution in [0.1, 0.15) is 91.9 Å². The first-order chi connectivity index (χ1) is 14.2. The van der Waals surface area contributed by atoms with Crippen LogP contribution in [0.25, 0.3) is 0 Å². The Labute approximate surface area is 184 Å². The van der Waals surface area contributed by atoms with E-state index in [1.807, 2.05) is 0 Å². The van der Waals surface area contributed by atoms with E-state index in [0.717, 1.165) is 37.5 Å². The summed E-state index contributed by atoms with van der Waals surface area (Å²) in [6, 6.07) is 0. The zero-order valence-electron chi connectivity index (χ0n) is 19.8. The third-order valence-corrected chi connectivity index (χ3v) is 10.5. The van der Waals surface area contributed by atoms with Crippen LogP contribution < -0.4 is 0 Å². The van der Waals surface area contributed by atoms with E-state index in [0.29, 0.717) is 35.7 Å². The Morgan fingerprint density at radius 2 is 1.77 bits per heavy atom. The predicted octanol–water partition coefficient (Wildman–Crippen LogP) is 5.33. The van der Waals surface area contributed by atoms with Crippen LogP contribution in [-0.2, 0) is 0 Å². The van der Waals surface area contributed by atoms with Gasteiger partial charge in [0, 0.05) is 6.61 Å². The summed E-state index contributed by atoms with van der Waals surface area (Å²) in [6.45, 7) is 9.92. The van der Waals surface area contributed by atoms with Crippen molar-refractivity contribution in [3.8, 4) is 0 Å². The summed E-state index contributed by atoms with van der Waals surface area (Å²) in [4.78, 5) is 0. The molecule has 0 spiro atoms. The molecule has 3 saturated carbocycles. The molecule has 0 radical (unpaired) electrons. The van der Waals surface area contributed by atoms with Gasteiger partial charge in [-0.25, -0.2) is 0 Å². The van der Waals surface area contributed by atoms with Gasteiger partial charge < -0.3 is 15.3 Å². The van der Waals surface area contributed by atoms with E-state index in [9.17, 15) is 15.3 Å². The third-order valence-electron chi connectivity index (χ3n) is 10.5. The second kappa shape index (κ2) is 8.52. The molecule has 10 atom stereocenters. The maximum absolute atomic E-state index is 11.3. The normalized spacial score (nSPS) is 47.6. The van der Waals surface area contributed by atoms with E-state index in [4.69, 9.17) is 0 Å². The van der Waals surface area contributed by atoms with E-state index >= 15 is 0 Å². The quantitative estimate of drug-likeness (QED) is 0.511. The Bertz CT molecular complexity index is 644. The molecule has 0 aliphatic heterocycles. The van der Waals surface area contributed by atoms with Gasteiger partial charge in [-0.15, -0.1) is 0 Å². The van der Waals surface area contributed by atoms with Crippen molar-refractivity contribution in [1.82, 2.24) is 0 Å². The van der Waals surface area contributed by atoms with Crippen molar-refractivity contribution in [2.45, 2.75) is 104 Å². The highest BCUT2D eigenvalue weighted by molar-refractivity contribution is 5.27. The summed E-state index contributed by atoms with van der Waals surface area (Å²) in [5.41, 5.74) is 1.90. The van der Waals surface area contributed by atoms with Crippen molar-refractivity contribution in [2.24, 2.45) is 46.3 Å². The van der Waals surface area contributed by atoms with Crippen molar-refractivity contribution >= 4 is 0 Å². The Balaban J connectivity index is 1.50. The van der Waals surface area contributed by atoms with Gasteiger partial charge in [-0.05, 0) is 97.7 Å². The van der Waals surface area contributed by atoms with Crippen LogP contribution in [0.5, 0.6) is 0 Å². The lowest BCUT2D eigenvalue weighted by Gasteiger charge is -2.59. The Morgan fingerprint density at radius 3 is 2.50 bits per heavy atom. The Morgan fingerprint density at radius 1 is 1.00 bits per heavy atom. The van der Waals surface area contributed by atoms with E-state index in [2.05, 4.69) is 33.8 Å². The van der Waals surface area contributed by atoms with E-state index in [1.165, 1.54) is 44.1 Å². The molecule has 172 valence electrons. The number of hydrogen-bond acceptors (Lipinski definition) is 3. The van der Waals surface area contributed by atoms with Crippen molar-refractivity contribution < 1.29 is 15.3 Å². The highest BCUT2D eigenvalue weighted by atomic mass is 16.3. The van der Waals surface area contributed by atoms with E-state index in [1.54, 1.807) is 0 Å². The van der Waals surface area contributed by atoms with Gasteiger partial charge in [-0.2, -0.15) is 0 Å². The number of hydrogen-bond donors (Lipinski definition) is 3. The monoisotopic (exact) mass is 418 g/mol. The van der Waals surface area contributed by atoms with Gasteiger partial charge in [0.05, 0.1) is 12.2 Å². The molecule has 0 aromatic heterocycles. The van der Waals surface area contributed by atoms with E-state index < -0.39 is 0 Å². The first-order valence-corrected chi connectivity index (χ1v) is 12.9. The van der Waals surface area contributed by atoms with Gasteiger partial charge in [0.1, 0.15) is 0 Å². The largest absolute Gasteiger partial charge is 0.396 e. The SMILES string of the molecule is C[C@H](CO)CCC[C@@H](C)[C@H]1CC[C@H]2[C@@H]3[C@H](O)C=C4C[C@@H](O)CC[C@]4(C)[C@H]3CC[C@]12C. The van der Waals surface area contributed by atoms with Crippen LogP contribution >= 0.6 is 0 Å². The molecule has 0 amide bonds. The molecule has 3 nitrogen and oxygen atoms in total. The molecule has 4 aliphatic carbocycles. The molecular weight excluding hydrogens is 372 g/mol. The molecule has 0 aromatic carbocycles. The molecular formula is C27H46O3. The summed E-state index contributed by atoms with van der Waals surface area (Å²) in [5.74, 6) is 3.54. The van der Waals surface area contributed by atoms with Gasteiger partial charge in [-0.3, -0.25) is 0 Å². The summed E-state index contributed by atoms with van der Waals surface area (Å²) < 4.78 is 0. The average Bonchev–Trinajstić information content (AvgIpc) is 3.06. The fraction of sp³-hybridized carbons (Fsp3) is 0.926. The molecule has 4 aliphatic rings. The summed E-state index contributed by atoms with van der Waals surface area (Å²) in [5, 5.41) is 30.8. The van der Waals surface area contributed by atoms with Crippen molar-refractivity contribution in [1.29, 1.82) is 0 Å². The molecule has 4 rings (SSSR count). The lowest BCUT2D eigenvalue weighted by atomic mass is 9.46. The summed E-state index contributed by atoms with van der Waals surface area (Å²) >= 11 is 0. The molecule has 3 N–H and O–H groups in total. The second-order valence-corrected chi connectivity index (χ2v) is 12.2. The molecule has 0 bridgehead atoms. The lowest BCUT2D eigenvalue weighted by molar-refractivity contribution is -0.0971. The second-order valence-electron chi connectivity index (χ2n) is 12.2. The number of aliphatic hydroxyl groups is 3. The Hall–Kier alpha value is -0.380. The highest BCUT2D eigenvalue weighted by Gasteiger charge is 2.61. The van der Waals surface area contributed by atoms with E-state index in [-0.39, 0.29) is 17.6 Å². The maximum Gasteiger partial charge on any atom is 0.0757 e. The summed E-state index contributed by atoms with van der Waals surface area (Å²) in [7, 11) is 0. The zero-order chi connectivity index (χ0) is 21.7. The van der Waals surface area contributed by atoms with Crippen LogP contribution in [0.4, 0.5) is 0 Å². The maximum atomic E-state index is 11.3. The van der Waals surface area contributed by atoms with Gasteiger partial charge in [0.25, 0.3) is 0 Å². The fourth-order valence-corrected chi connectivity index (χ4v) is 8.69. The van der Waals surface area contributed by atoms with Crippen molar-refractivity contribution in [2.75, 3.05) is 6.61 Å². The van der Waals surface area contributed by atoms with Crippen LogP contribution in [0.2, 0.25) is 0 Å². The minimum atomic E-state index is -0.326. The Kier molecular flexibility index (Phi) is 6.48. The molecule has 0 saturated heterocycles. The van der Waals surface area contributed by atoms with Crippen molar-refractivity contribution in [3.05, 3.63) is 11.6 Å². The smallest absolute Gasteiger partial charge is 0.0757 e. The zero-order valence-corrected chi connectivity index (χ0v) is 19.8. The molecule has 30 heavy (non-hydrogen) atoms. The number of fused-ring (bicyclic) bond motifs is 5. The minimum absolute atomic E-state index is 0.189. The third kappa shape index (κ3) is 3.71. The first kappa shape index (κ1) is 22.8. The summed E-state index contributed by atoms with van der Waals surface area (Å²) in [6.07, 6.45) is 13.2. The minimum Gasteiger partial charge on any atom is -0.396 e. The molecule has 0 aromatic rings. The molecule has 3 fully saturated rings. The molecule has 0 unspecified atom stereocenters. The van der Waals surface area contributed by atoms with Crippen LogP contribution in [0.15, 0.2) is 11.6 Å². The fourth-order valence-electron chi connectivity index (χ4n) is 8.69. The van der Waals surface area contributed by atoms with Crippen LogP contribution in [0, 0.1) is 46.3 Å². The van der Waals surface area contributed by atoms with Crippen molar-refractivity contribution in [3.63, 3.8) is 0 Å². The lowest BCUT2D eigenvalue weighted by Crippen LogP contribution is -2.54. The van der Waals surface area contributed by atoms with Crippen LogP contribution in [-0.4, -0.2) is 34.1 Å². The molecule has 3 heteroatoms. The van der Waals surface area contributed by atoms with Gasteiger partial charge >= 0.3 is 0 Å². The number of aliphatic hydroxyl groups excluding tert-OH is 3. The first-order valence-electron chi connectivity index (χ1n) is 12.9. The average molecular weight is 419 g/mol. The highest BCUT2D eigenvalue weighted by Crippen LogP contribution is 2.67. The van der Waals surface area contributed by atoms with Crippen LogP contribution in [0.3, 0.4) is 0 Å². The topological polar surface area (TPSA) is 60.7 Å². The number of rotatable bonds is 6. The van der Waals surface area contributed by atoms with Gasteiger partial charge in [0.2, 0.25) is 0 Å². The molecule has 0 heterocycles. The standard InChI is InChI=1S/C27H46O3/c1-17(16-28)6-5-7-18(2)21-8-9-22-25-23(11-13-27(21,22)4)26(3)12-10-20(29)14-19(26)15-24(25)30/h15,17-18,20-25,28-30H,5-14,16H2,1-4H3/t17-,18+,20-,21+,22-,23-,24+,25-,26-,27+/m0/s1. The predicted molar refractivity (Wildman–Crippen MR) is 122 cm³/mol. The van der Waals surface area contributed by atoms with Gasteiger partial charge in [-0.1, -0.05) is 52.2 Å². The van der Waals surface area contributed by atoms with Gasteiger partial charge in [0.15, 0.2) is 0 Å².